The number of para-hydroxylation sites is 1. The lowest BCUT2D eigenvalue weighted by atomic mass is 10.0. The fraction of sp³-hybridized carbons (Fsp3) is 0.156. The molecule has 0 aliphatic carbocycles. The number of hydrogen-bond donors (Lipinski definition) is 0. The highest BCUT2D eigenvalue weighted by Crippen LogP contribution is 2.30. The molecule has 6 aromatic rings. The van der Waals surface area contributed by atoms with Gasteiger partial charge in [0.15, 0.2) is 0 Å². The number of fused-ring (bicyclic) bond motifs is 1. The quantitative estimate of drug-likeness (QED) is 0.285. The van der Waals surface area contributed by atoms with Gasteiger partial charge in [0.2, 0.25) is 4.96 Å². The zero-order valence-corrected chi connectivity index (χ0v) is 23.7. The van der Waals surface area contributed by atoms with E-state index in [0.717, 1.165) is 56.3 Å². The van der Waals surface area contributed by atoms with E-state index in [2.05, 4.69) is 10.1 Å². The number of nitrogens with zero attached hydrogens (tertiary/aromatic N) is 5. The Bertz CT molecular complexity index is 2040. The van der Waals surface area contributed by atoms with Crippen LogP contribution in [-0.2, 0) is 6.42 Å². The molecule has 41 heavy (non-hydrogen) atoms. The Morgan fingerprint density at radius 1 is 0.951 bits per heavy atom. The number of aromatic nitrogens is 5. The van der Waals surface area contributed by atoms with E-state index in [1.54, 1.807) is 10.8 Å². The first-order valence-corrected chi connectivity index (χ1v) is 14.1. The van der Waals surface area contributed by atoms with E-state index in [1.807, 2.05) is 99.8 Å². The van der Waals surface area contributed by atoms with E-state index in [4.69, 9.17) is 9.84 Å². The number of rotatable bonds is 7. The highest BCUT2D eigenvalue weighted by atomic mass is 32.1. The average Bonchev–Trinajstić information content (AvgIpc) is 3.51. The molecule has 9 heteroatoms. The molecule has 8 nitrogen and oxygen atoms in total. The lowest BCUT2D eigenvalue weighted by Gasteiger charge is -2.08. The number of aryl methyl sites for hydroxylation is 2. The molecule has 0 unspecified atom stereocenters. The van der Waals surface area contributed by atoms with Crippen molar-refractivity contribution in [2.75, 3.05) is 6.61 Å². The van der Waals surface area contributed by atoms with Gasteiger partial charge in [-0.3, -0.25) is 9.59 Å². The minimum absolute atomic E-state index is 0.232. The van der Waals surface area contributed by atoms with Crippen molar-refractivity contribution in [3.63, 3.8) is 0 Å². The molecule has 0 aliphatic rings. The molecule has 0 atom stereocenters. The summed E-state index contributed by atoms with van der Waals surface area (Å²) in [6, 6.07) is 23.5. The summed E-state index contributed by atoms with van der Waals surface area (Å²) in [6.07, 6.45) is 4.00. The van der Waals surface area contributed by atoms with Crippen LogP contribution in [0.3, 0.4) is 0 Å². The monoisotopic (exact) mass is 561 g/mol. The van der Waals surface area contributed by atoms with Crippen LogP contribution in [0, 0.1) is 13.8 Å². The van der Waals surface area contributed by atoms with E-state index in [9.17, 15) is 9.59 Å². The molecule has 0 spiro atoms. The molecule has 204 valence electrons. The summed E-state index contributed by atoms with van der Waals surface area (Å²) in [4.78, 5) is 30.7. The summed E-state index contributed by atoms with van der Waals surface area (Å²) in [5.41, 5.74) is 5.83. The van der Waals surface area contributed by atoms with E-state index < -0.39 is 5.56 Å². The number of hydrogen-bond acceptors (Lipinski definition) is 7. The van der Waals surface area contributed by atoms with Crippen LogP contribution in [0.25, 0.3) is 28.0 Å². The largest absolute Gasteiger partial charge is 0.494 e. The highest BCUT2D eigenvalue weighted by molar-refractivity contribution is 7.15. The molecule has 0 saturated heterocycles. The third kappa shape index (κ3) is 5.31. The summed E-state index contributed by atoms with van der Waals surface area (Å²) >= 11 is 1.14. The van der Waals surface area contributed by atoms with Gasteiger partial charge in [-0.25, -0.2) is 4.68 Å². The lowest BCUT2D eigenvalue weighted by molar-refractivity contribution is 0.340. The summed E-state index contributed by atoms with van der Waals surface area (Å²) in [5, 5.41) is 9.32. The van der Waals surface area contributed by atoms with Crippen LogP contribution < -0.4 is 20.4 Å². The fourth-order valence-corrected chi connectivity index (χ4v) is 5.56. The standard InChI is InChI=1S/C32H27N5O3S/c1-4-40-25-14-15-26(21(3)16-25)29-23(19-36(35-29)24-8-6-5-7-9-24)18-28-31(39)37-32(41-28)33-30(38)27(34-37)17-22-12-10-20(2)11-13-22/h5-16,18-19H,4,17H2,1-3H3/b28-18-. The SMILES string of the molecule is CCOc1ccc(-c2nn(-c3ccccc3)cc2/C=c2\sc3nc(=O)c(Cc4ccc(C)cc4)nn3c2=O)c(C)c1. The molecule has 0 N–H and O–H groups in total. The Hall–Kier alpha value is -4.89. The smallest absolute Gasteiger partial charge is 0.296 e. The van der Waals surface area contributed by atoms with Gasteiger partial charge in [-0.2, -0.15) is 19.7 Å². The average molecular weight is 562 g/mol. The molecule has 0 radical (unpaired) electrons. The van der Waals surface area contributed by atoms with E-state index in [0.29, 0.717) is 17.6 Å². The molecule has 0 fully saturated rings. The van der Waals surface area contributed by atoms with Gasteiger partial charge in [0.25, 0.3) is 11.1 Å². The van der Waals surface area contributed by atoms with Crippen molar-refractivity contribution in [3.05, 3.63) is 132 Å². The Morgan fingerprint density at radius 3 is 2.46 bits per heavy atom. The Labute approximate surface area is 239 Å². The Morgan fingerprint density at radius 2 is 1.73 bits per heavy atom. The van der Waals surface area contributed by atoms with E-state index in [1.165, 1.54) is 4.52 Å². The van der Waals surface area contributed by atoms with Crippen LogP contribution >= 0.6 is 11.3 Å². The maximum atomic E-state index is 13.5. The van der Waals surface area contributed by atoms with Crippen molar-refractivity contribution in [1.29, 1.82) is 0 Å². The summed E-state index contributed by atoms with van der Waals surface area (Å²) in [6.45, 7) is 6.54. The first-order chi connectivity index (χ1) is 19.9. The first-order valence-electron chi connectivity index (χ1n) is 13.3. The van der Waals surface area contributed by atoms with Gasteiger partial charge in [-0.15, -0.1) is 0 Å². The maximum absolute atomic E-state index is 13.5. The van der Waals surface area contributed by atoms with Crippen molar-refractivity contribution >= 4 is 22.4 Å². The zero-order chi connectivity index (χ0) is 28.5. The molecule has 6 rings (SSSR count). The topological polar surface area (TPSA) is 91.4 Å². The third-order valence-corrected chi connectivity index (χ3v) is 7.72. The molecule has 3 aromatic heterocycles. The normalized spacial score (nSPS) is 11.8. The molecule has 0 bridgehead atoms. The van der Waals surface area contributed by atoms with Crippen molar-refractivity contribution in [1.82, 2.24) is 24.4 Å². The van der Waals surface area contributed by atoms with Crippen LogP contribution in [-0.4, -0.2) is 31.0 Å². The van der Waals surface area contributed by atoms with Crippen molar-refractivity contribution in [3.8, 4) is 22.7 Å². The summed E-state index contributed by atoms with van der Waals surface area (Å²) in [5.74, 6) is 0.788. The van der Waals surface area contributed by atoms with Crippen molar-refractivity contribution in [2.24, 2.45) is 0 Å². The number of benzene rings is 3. The maximum Gasteiger partial charge on any atom is 0.296 e. The summed E-state index contributed by atoms with van der Waals surface area (Å²) < 4.78 is 9.11. The van der Waals surface area contributed by atoms with E-state index >= 15 is 0 Å². The van der Waals surface area contributed by atoms with E-state index in [-0.39, 0.29) is 16.2 Å². The highest BCUT2D eigenvalue weighted by Gasteiger charge is 2.16. The minimum atomic E-state index is -0.430. The Kier molecular flexibility index (Phi) is 7.03. The van der Waals surface area contributed by atoms with Gasteiger partial charge in [-0.05, 0) is 68.3 Å². The molecule has 3 aromatic carbocycles. The van der Waals surface area contributed by atoms with Crippen LogP contribution in [0.2, 0.25) is 0 Å². The predicted octanol–water partition coefficient (Wildman–Crippen LogP) is 4.52. The second-order valence-corrected chi connectivity index (χ2v) is 10.8. The predicted molar refractivity (Wildman–Crippen MR) is 161 cm³/mol. The molecule has 3 heterocycles. The van der Waals surface area contributed by atoms with Gasteiger partial charge >= 0.3 is 0 Å². The van der Waals surface area contributed by atoms with Gasteiger partial charge < -0.3 is 4.74 Å². The van der Waals surface area contributed by atoms with Crippen LogP contribution in [0.5, 0.6) is 5.75 Å². The fourth-order valence-electron chi connectivity index (χ4n) is 4.67. The second kappa shape index (κ2) is 10.9. The number of ether oxygens (including phenoxy) is 1. The Balaban J connectivity index is 1.48. The van der Waals surface area contributed by atoms with Crippen LogP contribution in [0.15, 0.2) is 88.6 Å². The first kappa shape index (κ1) is 26.3. The number of thiazole rings is 1. The molecule has 0 saturated carbocycles. The molecule has 0 aliphatic heterocycles. The van der Waals surface area contributed by atoms with Crippen LogP contribution in [0.4, 0.5) is 0 Å². The minimum Gasteiger partial charge on any atom is -0.494 e. The lowest BCUT2D eigenvalue weighted by Crippen LogP contribution is -2.28. The van der Waals surface area contributed by atoms with Gasteiger partial charge in [0, 0.05) is 23.7 Å². The molecule has 0 amide bonds. The van der Waals surface area contributed by atoms with Gasteiger partial charge in [-0.1, -0.05) is 59.4 Å². The summed E-state index contributed by atoms with van der Waals surface area (Å²) in [7, 11) is 0. The molecular formula is C32H27N5O3S. The van der Waals surface area contributed by atoms with Crippen LogP contribution in [0.1, 0.15) is 34.9 Å². The van der Waals surface area contributed by atoms with Crippen molar-refractivity contribution < 1.29 is 4.74 Å². The zero-order valence-electron chi connectivity index (χ0n) is 22.9. The van der Waals surface area contributed by atoms with Gasteiger partial charge in [0.05, 0.1) is 16.8 Å². The second-order valence-electron chi connectivity index (χ2n) is 9.76. The third-order valence-electron chi connectivity index (χ3n) is 6.76. The van der Waals surface area contributed by atoms with Gasteiger partial charge in [0.1, 0.15) is 17.1 Å². The molecular weight excluding hydrogens is 534 g/mol. The van der Waals surface area contributed by atoms with Crippen molar-refractivity contribution in [2.45, 2.75) is 27.2 Å².